The average molecular weight is 454 g/mol. The zero-order valence-electron chi connectivity index (χ0n) is 19.1. The monoisotopic (exact) mass is 454 g/mol. The second-order valence-electron chi connectivity index (χ2n) is 7.84. The number of amides is 2. The number of hydrogen-bond acceptors (Lipinski definition) is 7. The van der Waals surface area contributed by atoms with Crippen LogP contribution in [0, 0.1) is 20.8 Å². The molecule has 2 amide bonds. The number of benzene rings is 1. The lowest BCUT2D eigenvalue weighted by Crippen LogP contribution is -2.31. The number of nitrogens with zero attached hydrogens (tertiary/aromatic N) is 1. The molecule has 3 rings (SSSR count). The molecular formula is C24H26N2O7. The van der Waals surface area contributed by atoms with Crippen molar-refractivity contribution in [2.45, 2.75) is 40.5 Å². The molecule has 0 aliphatic carbocycles. The van der Waals surface area contributed by atoms with Crippen molar-refractivity contribution in [3.8, 4) is 0 Å². The van der Waals surface area contributed by atoms with Crippen molar-refractivity contribution < 1.29 is 33.4 Å². The van der Waals surface area contributed by atoms with Gasteiger partial charge in [-0.3, -0.25) is 24.1 Å². The van der Waals surface area contributed by atoms with Gasteiger partial charge in [-0.15, -0.1) is 0 Å². The Morgan fingerprint density at radius 3 is 2.39 bits per heavy atom. The Hall–Kier alpha value is -3.75. The second kappa shape index (κ2) is 9.81. The van der Waals surface area contributed by atoms with Crippen LogP contribution in [-0.4, -0.2) is 59.2 Å². The first-order valence-corrected chi connectivity index (χ1v) is 10.7. The van der Waals surface area contributed by atoms with Gasteiger partial charge < -0.3 is 14.5 Å². The van der Waals surface area contributed by atoms with Crippen LogP contribution in [0.3, 0.4) is 0 Å². The number of aryl methyl sites for hydroxylation is 2. The summed E-state index contributed by atoms with van der Waals surface area (Å²) in [5.74, 6) is -2.38. The summed E-state index contributed by atoms with van der Waals surface area (Å²) in [6, 6.07) is 5.07. The number of aromatic nitrogens is 1. The maximum absolute atomic E-state index is 12.5. The predicted molar refractivity (Wildman–Crippen MR) is 117 cm³/mol. The molecule has 174 valence electrons. The van der Waals surface area contributed by atoms with E-state index in [2.05, 4.69) is 4.98 Å². The van der Waals surface area contributed by atoms with Gasteiger partial charge in [-0.05, 0) is 51.8 Å². The number of esters is 2. The van der Waals surface area contributed by atoms with Gasteiger partial charge >= 0.3 is 11.9 Å². The summed E-state index contributed by atoms with van der Waals surface area (Å²) >= 11 is 0. The summed E-state index contributed by atoms with van der Waals surface area (Å²) in [6.07, 6.45) is 0.154. The summed E-state index contributed by atoms with van der Waals surface area (Å²) < 4.78 is 10.1. The van der Waals surface area contributed by atoms with Crippen LogP contribution in [0.4, 0.5) is 0 Å². The first-order chi connectivity index (χ1) is 15.6. The number of ketones is 1. The molecule has 0 unspecified atom stereocenters. The van der Waals surface area contributed by atoms with Crippen LogP contribution in [0.15, 0.2) is 18.2 Å². The van der Waals surface area contributed by atoms with Crippen LogP contribution >= 0.6 is 0 Å². The van der Waals surface area contributed by atoms with Crippen molar-refractivity contribution in [2.75, 3.05) is 19.8 Å². The van der Waals surface area contributed by atoms with Gasteiger partial charge in [0.25, 0.3) is 11.8 Å². The van der Waals surface area contributed by atoms with Crippen LogP contribution in [-0.2, 0) is 14.3 Å². The molecular weight excluding hydrogens is 428 g/mol. The number of imide groups is 1. The van der Waals surface area contributed by atoms with E-state index in [-0.39, 0.29) is 43.5 Å². The molecule has 1 aromatic heterocycles. The highest BCUT2D eigenvalue weighted by atomic mass is 16.5. The Morgan fingerprint density at radius 2 is 1.70 bits per heavy atom. The number of carbonyl (C=O) groups is 5. The third-order valence-corrected chi connectivity index (χ3v) is 5.45. The number of fused-ring (bicyclic) bond motifs is 1. The van der Waals surface area contributed by atoms with Gasteiger partial charge in [0.05, 0.1) is 29.0 Å². The van der Waals surface area contributed by atoms with E-state index in [9.17, 15) is 24.0 Å². The molecule has 0 fully saturated rings. The van der Waals surface area contributed by atoms with E-state index in [0.29, 0.717) is 27.9 Å². The zero-order chi connectivity index (χ0) is 24.3. The highest BCUT2D eigenvalue weighted by molar-refractivity contribution is 6.21. The topological polar surface area (TPSA) is 123 Å². The van der Waals surface area contributed by atoms with E-state index in [0.717, 1.165) is 10.5 Å². The molecule has 1 N–H and O–H groups in total. The average Bonchev–Trinajstić information content (AvgIpc) is 3.19. The molecule has 1 aliphatic rings. The maximum atomic E-state index is 12.5. The number of H-pyrrole nitrogens is 1. The van der Waals surface area contributed by atoms with E-state index in [1.165, 1.54) is 0 Å². The highest BCUT2D eigenvalue weighted by Crippen LogP contribution is 2.24. The minimum absolute atomic E-state index is 0.0590. The zero-order valence-corrected chi connectivity index (χ0v) is 19.1. The third-order valence-electron chi connectivity index (χ3n) is 5.45. The number of ether oxygens (including phenoxy) is 2. The molecule has 33 heavy (non-hydrogen) atoms. The number of aromatic amines is 1. The van der Waals surface area contributed by atoms with Crippen LogP contribution in [0.5, 0.6) is 0 Å². The molecule has 1 aliphatic heterocycles. The number of carbonyl (C=O) groups excluding carboxylic acids is 5. The van der Waals surface area contributed by atoms with Crippen LogP contribution in [0.2, 0.25) is 0 Å². The quantitative estimate of drug-likeness (QED) is 0.351. The maximum Gasteiger partial charge on any atom is 0.340 e. The molecule has 9 heteroatoms. The summed E-state index contributed by atoms with van der Waals surface area (Å²) in [6.45, 7) is 6.60. The van der Waals surface area contributed by atoms with Crippen LogP contribution in [0.25, 0.3) is 0 Å². The van der Waals surface area contributed by atoms with Crippen LogP contribution in [0.1, 0.15) is 78.1 Å². The summed E-state index contributed by atoms with van der Waals surface area (Å²) in [4.78, 5) is 65.5. The van der Waals surface area contributed by atoms with E-state index in [1.54, 1.807) is 39.0 Å². The van der Waals surface area contributed by atoms with Crippen molar-refractivity contribution >= 4 is 29.5 Å². The smallest absolute Gasteiger partial charge is 0.340 e. The molecule has 0 atom stereocenters. The Morgan fingerprint density at radius 1 is 1.00 bits per heavy atom. The fourth-order valence-corrected chi connectivity index (χ4v) is 3.82. The van der Waals surface area contributed by atoms with Crippen molar-refractivity contribution in [1.82, 2.24) is 9.88 Å². The molecule has 2 heterocycles. The Bertz CT molecular complexity index is 1150. The summed E-state index contributed by atoms with van der Waals surface area (Å²) in [5, 5.41) is 0. The molecule has 0 radical (unpaired) electrons. The van der Waals surface area contributed by atoms with Gasteiger partial charge in [0.15, 0.2) is 6.61 Å². The van der Waals surface area contributed by atoms with Gasteiger partial charge in [0.2, 0.25) is 5.78 Å². The Kier molecular flexibility index (Phi) is 7.10. The van der Waals surface area contributed by atoms with Crippen molar-refractivity contribution in [3.63, 3.8) is 0 Å². The van der Waals surface area contributed by atoms with Gasteiger partial charge in [0, 0.05) is 18.7 Å². The van der Waals surface area contributed by atoms with Crippen molar-refractivity contribution in [3.05, 3.63) is 57.4 Å². The summed E-state index contributed by atoms with van der Waals surface area (Å²) in [5.41, 5.74) is 3.02. The van der Waals surface area contributed by atoms with Gasteiger partial charge in [-0.2, -0.15) is 0 Å². The SMILES string of the molecule is CCOC(=O)c1c(C)[nH]c(C(=O)COC(=O)CCCN2C(=O)c3ccc(C)cc3C2=O)c1C. The molecule has 2 aromatic rings. The number of hydrogen-bond donors (Lipinski definition) is 1. The summed E-state index contributed by atoms with van der Waals surface area (Å²) in [7, 11) is 0. The van der Waals surface area contributed by atoms with Gasteiger partial charge in [0.1, 0.15) is 0 Å². The van der Waals surface area contributed by atoms with Gasteiger partial charge in [-0.25, -0.2) is 4.79 Å². The first-order valence-electron chi connectivity index (χ1n) is 10.7. The van der Waals surface area contributed by atoms with E-state index < -0.39 is 24.3 Å². The fraction of sp³-hybridized carbons (Fsp3) is 0.375. The third kappa shape index (κ3) is 4.87. The Balaban J connectivity index is 1.50. The lowest BCUT2D eigenvalue weighted by atomic mass is 10.1. The Labute approximate surface area is 191 Å². The normalized spacial score (nSPS) is 12.7. The molecule has 9 nitrogen and oxygen atoms in total. The van der Waals surface area contributed by atoms with Gasteiger partial charge in [-0.1, -0.05) is 11.6 Å². The van der Waals surface area contributed by atoms with E-state index in [1.807, 2.05) is 6.92 Å². The van der Waals surface area contributed by atoms with Crippen molar-refractivity contribution in [1.29, 1.82) is 0 Å². The largest absolute Gasteiger partial charge is 0.462 e. The molecule has 0 saturated heterocycles. The predicted octanol–water partition coefficient (Wildman–Crippen LogP) is 2.92. The van der Waals surface area contributed by atoms with Crippen molar-refractivity contribution in [2.24, 2.45) is 0 Å². The molecule has 0 bridgehead atoms. The van der Waals surface area contributed by atoms with E-state index in [4.69, 9.17) is 9.47 Å². The number of nitrogens with one attached hydrogen (secondary N) is 1. The lowest BCUT2D eigenvalue weighted by molar-refractivity contribution is -0.142. The first kappa shape index (κ1) is 23.9. The minimum atomic E-state index is -0.623. The highest BCUT2D eigenvalue weighted by Gasteiger charge is 2.35. The van der Waals surface area contributed by atoms with Crippen LogP contribution < -0.4 is 0 Å². The molecule has 0 saturated carbocycles. The standard InChI is InChI=1S/C24H26N2O7/c1-5-32-24(31)20-14(3)21(25-15(20)4)18(27)12-33-19(28)7-6-10-26-22(29)16-9-8-13(2)11-17(16)23(26)30/h8-9,11,25H,5-7,10,12H2,1-4H3. The fourth-order valence-electron chi connectivity index (χ4n) is 3.82. The minimum Gasteiger partial charge on any atom is -0.462 e. The number of Topliss-reactive ketones (excluding diaryl/α,β-unsaturated/α-hetero) is 1. The van der Waals surface area contributed by atoms with E-state index >= 15 is 0 Å². The number of rotatable bonds is 9. The molecule has 0 spiro atoms. The second-order valence-corrected chi connectivity index (χ2v) is 7.84. The lowest BCUT2D eigenvalue weighted by Gasteiger charge is -2.13. The molecule has 1 aromatic carbocycles.